The van der Waals surface area contributed by atoms with Gasteiger partial charge in [-0.05, 0) is 39.1 Å². The second-order valence-electron chi connectivity index (χ2n) is 5.90. The van der Waals surface area contributed by atoms with E-state index in [0.29, 0.717) is 12.5 Å². The maximum Gasteiger partial charge on any atom is 0.193 e. The second kappa shape index (κ2) is 10.0. The average molecular weight is 338 g/mol. The molecule has 0 aliphatic heterocycles. The summed E-state index contributed by atoms with van der Waals surface area (Å²) in [6.45, 7) is 4.89. The van der Waals surface area contributed by atoms with Crippen molar-refractivity contribution >= 4 is 5.96 Å². The molecule has 6 heteroatoms. The molecular weight excluding hydrogens is 310 g/mol. The molecule has 1 atom stereocenters. The number of nitrogens with one attached hydrogen (secondary N) is 1. The van der Waals surface area contributed by atoms with E-state index in [-0.39, 0.29) is 5.56 Å². The number of hydrogen-bond donors (Lipinski definition) is 1. The molecular formula is C18H28F2N4. The average Bonchev–Trinajstić information content (AvgIpc) is 2.53. The van der Waals surface area contributed by atoms with Crippen LogP contribution in [0, 0.1) is 11.6 Å². The molecule has 1 aromatic rings. The molecule has 0 aromatic heterocycles. The molecule has 4 nitrogen and oxygen atoms in total. The van der Waals surface area contributed by atoms with Crippen LogP contribution in [0.5, 0.6) is 0 Å². The first-order valence-corrected chi connectivity index (χ1v) is 8.05. The van der Waals surface area contributed by atoms with Crippen LogP contribution in [0.15, 0.2) is 35.8 Å². The summed E-state index contributed by atoms with van der Waals surface area (Å²) in [5.41, 5.74) is 0.0692. The summed E-state index contributed by atoms with van der Waals surface area (Å²) in [5, 5.41) is 3.21. The zero-order valence-electron chi connectivity index (χ0n) is 15.0. The molecule has 0 heterocycles. The molecule has 0 amide bonds. The maximum atomic E-state index is 14.1. The van der Waals surface area contributed by atoms with Gasteiger partial charge in [0.1, 0.15) is 11.6 Å². The monoisotopic (exact) mass is 338 g/mol. The number of unbranched alkanes of at least 4 members (excludes halogenated alkanes) is 1. The number of aliphatic imine (C=N–C) groups is 1. The SMILES string of the molecule is C=CCCCN(C)C(=NC)NCC(c1c(F)cccc1F)N(C)C. The molecule has 134 valence electrons. The van der Waals surface area contributed by atoms with Crippen molar-refractivity contribution in [3.05, 3.63) is 48.1 Å². The zero-order valence-corrected chi connectivity index (χ0v) is 15.0. The molecule has 0 aliphatic carbocycles. The predicted octanol–water partition coefficient (Wildman–Crippen LogP) is 3.04. The predicted molar refractivity (Wildman–Crippen MR) is 96.2 cm³/mol. The number of nitrogens with zero attached hydrogens (tertiary/aromatic N) is 3. The lowest BCUT2D eigenvalue weighted by Gasteiger charge is -2.28. The quantitative estimate of drug-likeness (QED) is 0.342. The lowest BCUT2D eigenvalue weighted by molar-refractivity contribution is 0.280. The first kappa shape index (κ1) is 20.1. The highest BCUT2D eigenvalue weighted by molar-refractivity contribution is 5.79. The van der Waals surface area contributed by atoms with Gasteiger partial charge in [0, 0.05) is 32.7 Å². The van der Waals surface area contributed by atoms with Gasteiger partial charge in [0.05, 0.1) is 6.04 Å². The van der Waals surface area contributed by atoms with Crippen LogP contribution in [0.25, 0.3) is 0 Å². The Morgan fingerprint density at radius 3 is 2.42 bits per heavy atom. The second-order valence-corrected chi connectivity index (χ2v) is 5.90. The van der Waals surface area contributed by atoms with E-state index in [0.717, 1.165) is 19.4 Å². The van der Waals surface area contributed by atoms with Gasteiger partial charge >= 0.3 is 0 Å². The van der Waals surface area contributed by atoms with E-state index in [1.165, 1.54) is 18.2 Å². The van der Waals surface area contributed by atoms with Gasteiger partial charge in [-0.15, -0.1) is 6.58 Å². The topological polar surface area (TPSA) is 30.9 Å². The molecule has 0 aliphatic rings. The number of benzene rings is 1. The normalized spacial score (nSPS) is 13.0. The Hall–Kier alpha value is -1.95. The fourth-order valence-corrected chi connectivity index (χ4v) is 2.52. The molecule has 1 unspecified atom stereocenters. The number of rotatable bonds is 8. The number of allylic oxidation sites excluding steroid dienone is 1. The Kier molecular flexibility index (Phi) is 8.40. The van der Waals surface area contributed by atoms with Crippen molar-refractivity contribution in [3.8, 4) is 0 Å². The van der Waals surface area contributed by atoms with Crippen molar-refractivity contribution in [2.24, 2.45) is 4.99 Å². The number of likely N-dealkylation sites (N-methyl/N-ethyl adjacent to an activating group) is 1. The summed E-state index contributed by atoms with van der Waals surface area (Å²) in [6.07, 6.45) is 3.79. The molecule has 1 rings (SSSR count). The highest BCUT2D eigenvalue weighted by Gasteiger charge is 2.22. The molecule has 24 heavy (non-hydrogen) atoms. The van der Waals surface area contributed by atoms with E-state index >= 15 is 0 Å². The minimum atomic E-state index is -0.537. The Balaban J connectivity index is 2.81. The summed E-state index contributed by atoms with van der Waals surface area (Å²) in [5.74, 6) is -0.377. The van der Waals surface area contributed by atoms with Gasteiger partial charge in [0.25, 0.3) is 0 Å². The van der Waals surface area contributed by atoms with E-state index < -0.39 is 17.7 Å². The van der Waals surface area contributed by atoms with Crippen molar-refractivity contribution in [2.75, 3.05) is 41.3 Å². The van der Waals surface area contributed by atoms with Gasteiger partial charge in [0.2, 0.25) is 0 Å². The molecule has 0 saturated carbocycles. The lowest BCUT2D eigenvalue weighted by atomic mass is 10.0. The van der Waals surface area contributed by atoms with Crippen molar-refractivity contribution in [1.82, 2.24) is 15.1 Å². The van der Waals surface area contributed by atoms with Crippen LogP contribution >= 0.6 is 0 Å². The summed E-state index contributed by atoms with van der Waals surface area (Å²) in [7, 11) is 7.23. The fraction of sp³-hybridized carbons (Fsp3) is 0.500. The third-order valence-electron chi connectivity index (χ3n) is 3.88. The van der Waals surface area contributed by atoms with Gasteiger partial charge in [-0.25, -0.2) is 8.78 Å². The lowest BCUT2D eigenvalue weighted by Crippen LogP contribution is -2.43. The highest BCUT2D eigenvalue weighted by Crippen LogP contribution is 2.23. The van der Waals surface area contributed by atoms with Gasteiger partial charge < -0.3 is 15.1 Å². The molecule has 0 bridgehead atoms. The first-order valence-electron chi connectivity index (χ1n) is 8.05. The van der Waals surface area contributed by atoms with Crippen LogP contribution in [-0.2, 0) is 0 Å². The fourth-order valence-electron chi connectivity index (χ4n) is 2.52. The largest absolute Gasteiger partial charge is 0.354 e. The van der Waals surface area contributed by atoms with Crippen LogP contribution in [0.4, 0.5) is 8.78 Å². The minimum absolute atomic E-state index is 0.0692. The van der Waals surface area contributed by atoms with Crippen molar-refractivity contribution in [2.45, 2.75) is 18.9 Å². The zero-order chi connectivity index (χ0) is 18.1. The van der Waals surface area contributed by atoms with Crippen LogP contribution in [0.3, 0.4) is 0 Å². The van der Waals surface area contributed by atoms with Crippen LogP contribution < -0.4 is 5.32 Å². The van der Waals surface area contributed by atoms with Crippen LogP contribution in [0.2, 0.25) is 0 Å². The van der Waals surface area contributed by atoms with Gasteiger partial charge in [0.15, 0.2) is 5.96 Å². The van der Waals surface area contributed by atoms with Crippen molar-refractivity contribution < 1.29 is 8.78 Å². The smallest absolute Gasteiger partial charge is 0.193 e. The molecule has 0 radical (unpaired) electrons. The van der Waals surface area contributed by atoms with E-state index in [4.69, 9.17) is 0 Å². The standard InChI is InChI=1S/C18H28F2N4/c1-6-7-8-12-24(5)18(21-2)22-13-16(23(3)4)17-14(19)10-9-11-15(17)20/h6,9-11,16H,1,7-8,12-13H2,2-5H3,(H,21,22). The Morgan fingerprint density at radius 2 is 1.92 bits per heavy atom. The van der Waals surface area contributed by atoms with Crippen molar-refractivity contribution in [3.63, 3.8) is 0 Å². The molecule has 0 fully saturated rings. The summed E-state index contributed by atoms with van der Waals surface area (Å²) in [4.78, 5) is 8.02. The first-order chi connectivity index (χ1) is 11.4. The summed E-state index contributed by atoms with van der Waals surface area (Å²) in [6, 6.07) is 3.50. The summed E-state index contributed by atoms with van der Waals surface area (Å²) >= 11 is 0. The van der Waals surface area contributed by atoms with E-state index in [1.54, 1.807) is 26.0 Å². The maximum absolute atomic E-state index is 14.1. The van der Waals surface area contributed by atoms with Gasteiger partial charge in [-0.3, -0.25) is 4.99 Å². The Morgan fingerprint density at radius 1 is 1.29 bits per heavy atom. The molecule has 0 spiro atoms. The van der Waals surface area contributed by atoms with Gasteiger partial charge in [-0.2, -0.15) is 0 Å². The number of guanidine groups is 1. The van der Waals surface area contributed by atoms with Crippen LogP contribution in [-0.4, -0.2) is 57.0 Å². The number of hydrogen-bond acceptors (Lipinski definition) is 2. The molecule has 0 saturated heterocycles. The molecule has 1 aromatic carbocycles. The Bertz CT molecular complexity index is 538. The third kappa shape index (κ3) is 5.60. The highest BCUT2D eigenvalue weighted by atomic mass is 19.1. The molecule has 1 N–H and O–H groups in total. The van der Waals surface area contributed by atoms with Gasteiger partial charge in [-0.1, -0.05) is 12.1 Å². The number of halogens is 2. The third-order valence-corrected chi connectivity index (χ3v) is 3.88. The van der Waals surface area contributed by atoms with Crippen molar-refractivity contribution in [1.29, 1.82) is 0 Å². The van der Waals surface area contributed by atoms with Crippen LogP contribution in [0.1, 0.15) is 24.4 Å². The minimum Gasteiger partial charge on any atom is -0.354 e. The van der Waals surface area contributed by atoms with E-state index in [2.05, 4.69) is 16.9 Å². The summed E-state index contributed by atoms with van der Waals surface area (Å²) < 4.78 is 28.2. The van der Waals surface area contributed by atoms with E-state index in [9.17, 15) is 8.78 Å². The Labute approximate surface area is 143 Å². The van der Waals surface area contributed by atoms with E-state index in [1.807, 2.05) is 18.0 Å².